The number of anilines is 1. The van der Waals surface area contributed by atoms with Crippen molar-refractivity contribution < 1.29 is 9.59 Å². The van der Waals surface area contributed by atoms with Crippen LogP contribution in [0.1, 0.15) is 38.2 Å². The van der Waals surface area contributed by atoms with Gasteiger partial charge in [0.25, 0.3) is 11.8 Å². The molecule has 130 valence electrons. The number of hydrogen-bond acceptors (Lipinski definition) is 3. The minimum Gasteiger partial charge on any atom is -0.366 e. The van der Waals surface area contributed by atoms with Crippen LogP contribution in [-0.2, 0) is 6.54 Å². The molecule has 0 bridgehead atoms. The normalized spacial score (nSPS) is 11.0. The molecule has 1 aromatic carbocycles. The molecule has 0 saturated carbocycles. The number of aryl methyl sites for hydroxylation is 3. The second-order valence-corrected chi connectivity index (χ2v) is 7.49. The summed E-state index contributed by atoms with van der Waals surface area (Å²) < 4.78 is 1.95. The Hall–Kier alpha value is -2.31. The first-order valence-corrected chi connectivity index (χ1v) is 9.02. The maximum absolute atomic E-state index is 12.9. The number of amides is 2. The molecule has 5 nitrogen and oxygen atoms in total. The van der Waals surface area contributed by atoms with E-state index in [4.69, 9.17) is 17.3 Å². The summed E-state index contributed by atoms with van der Waals surface area (Å²) in [5.41, 5.74) is 8.09. The summed E-state index contributed by atoms with van der Waals surface area (Å²) in [6, 6.07) is 7.27. The highest BCUT2D eigenvalue weighted by Crippen LogP contribution is 2.31. The predicted octanol–water partition coefficient (Wildman–Crippen LogP) is 4.34. The van der Waals surface area contributed by atoms with Gasteiger partial charge >= 0.3 is 0 Å². The van der Waals surface area contributed by atoms with Crippen LogP contribution in [0.25, 0.3) is 10.9 Å². The van der Waals surface area contributed by atoms with Gasteiger partial charge in [0.15, 0.2) is 0 Å². The third-order valence-electron chi connectivity index (χ3n) is 4.16. The summed E-state index contributed by atoms with van der Waals surface area (Å²) in [5.74, 6) is -0.824. The molecule has 0 aliphatic carbocycles. The Balaban J connectivity index is 2.09. The number of benzene rings is 1. The van der Waals surface area contributed by atoms with Gasteiger partial charge in [-0.3, -0.25) is 9.59 Å². The fourth-order valence-corrected chi connectivity index (χ4v) is 4.15. The molecule has 3 rings (SSSR count). The number of nitrogens with two attached hydrogens (primary N) is 1. The number of primary amides is 1. The monoisotopic (exact) mass is 375 g/mol. The van der Waals surface area contributed by atoms with Gasteiger partial charge < -0.3 is 15.6 Å². The first-order chi connectivity index (χ1) is 11.8. The van der Waals surface area contributed by atoms with Gasteiger partial charge in [0.05, 0.1) is 5.56 Å². The number of carbonyl (C=O) groups excluding carboxylic acids is 2. The van der Waals surface area contributed by atoms with Crippen molar-refractivity contribution in [3.05, 3.63) is 51.0 Å². The molecule has 3 N–H and O–H groups in total. The van der Waals surface area contributed by atoms with E-state index >= 15 is 0 Å². The van der Waals surface area contributed by atoms with Crippen molar-refractivity contribution in [2.24, 2.45) is 5.73 Å². The van der Waals surface area contributed by atoms with Crippen LogP contribution in [0.3, 0.4) is 0 Å². The lowest BCUT2D eigenvalue weighted by Gasteiger charge is -2.09. The van der Waals surface area contributed by atoms with Gasteiger partial charge in [0.2, 0.25) is 0 Å². The van der Waals surface area contributed by atoms with E-state index in [1.807, 2.05) is 43.5 Å². The summed E-state index contributed by atoms with van der Waals surface area (Å²) >= 11 is 7.43. The van der Waals surface area contributed by atoms with Crippen LogP contribution < -0.4 is 11.1 Å². The van der Waals surface area contributed by atoms with E-state index in [2.05, 4.69) is 5.32 Å². The Morgan fingerprint density at radius 1 is 1.28 bits per heavy atom. The highest BCUT2D eigenvalue weighted by Gasteiger charge is 2.22. The predicted molar refractivity (Wildman–Crippen MR) is 103 cm³/mol. The van der Waals surface area contributed by atoms with Crippen molar-refractivity contribution in [2.45, 2.75) is 27.3 Å². The standard InChI is InChI=1S/C18H18ClN3O2S/c1-4-22-14-6-5-11(19)8-12(14)10(3)15(22)17(24)21-18-13(16(20)23)7-9(2)25-18/h5-8H,4H2,1-3H3,(H2,20,23)(H,21,24). The third kappa shape index (κ3) is 3.03. The first-order valence-electron chi connectivity index (χ1n) is 7.83. The maximum atomic E-state index is 12.9. The molecule has 0 atom stereocenters. The topological polar surface area (TPSA) is 77.1 Å². The Morgan fingerprint density at radius 3 is 2.64 bits per heavy atom. The Kier molecular flexibility index (Phi) is 4.58. The van der Waals surface area contributed by atoms with E-state index in [-0.39, 0.29) is 5.91 Å². The van der Waals surface area contributed by atoms with Gasteiger partial charge in [-0.25, -0.2) is 0 Å². The van der Waals surface area contributed by atoms with Gasteiger partial charge in [0.1, 0.15) is 10.7 Å². The SMILES string of the molecule is CCn1c(C(=O)Nc2sc(C)cc2C(N)=O)c(C)c2cc(Cl)ccc21. The van der Waals surface area contributed by atoms with E-state index in [1.54, 1.807) is 6.07 Å². The van der Waals surface area contributed by atoms with Gasteiger partial charge in [-0.05, 0) is 50.6 Å². The zero-order valence-electron chi connectivity index (χ0n) is 14.1. The van der Waals surface area contributed by atoms with Crippen LogP contribution in [0, 0.1) is 13.8 Å². The number of thiophene rings is 1. The number of fused-ring (bicyclic) bond motifs is 1. The van der Waals surface area contributed by atoms with Crippen molar-refractivity contribution >= 4 is 50.7 Å². The average molecular weight is 376 g/mol. The Labute approximate surface area is 154 Å². The van der Waals surface area contributed by atoms with Crippen LogP contribution in [0.2, 0.25) is 5.02 Å². The zero-order chi connectivity index (χ0) is 18.3. The number of nitrogens with one attached hydrogen (secondary N) is 1. The van der Waals surface area contributed by atoms with Crippen molar-refractivity contribution in [1.82, 2.24) is 4.57 Å². The quantitative estimate of drug-likeness (QED) is 0.711. The molecule has 0 fully saturated rings. The molecule has 0 aliphatic rings. The number of carbonyl (C=O) groups is 2. The van der Waals surface area contributed by atoms with Crippen LogP contribution in [0.4, 0.5) is 5.00 Å². The van der Waals surface area contributed by atoms with Crippen molar-refractivity contribution in [3.8, 4) is 0 Å². The minimum atomic E-state index is -0.556. The molecule has 2 aromatic heterocycles. The highest BCUT2D eigenvalue weighted by atomic mass is 35.5. The van der Waals surface area contributed by atoms with E-state index in [9.17, 15) is 9.59 Å². The molecule has 7 heteroatoms. The Bertz CT molecular complexity index is 1000. The second kappa shape index (κ2) is 6.54. The van der Waals surface area contributed by atoms with E-state index < -0.39 is 5.91 Å². The van der Waals surface area contributed by atoms with E-state index in [0.717, 1.165) is 21.3 Å². The maximum Gasteiger partial charge on any atom is 0.273 e. The lowest BCUT2D eigenvalue weighted by atomic mass is 10.1. The van der Waals surface area contributed by atoms with Gasteiger partial charge in [-0.15, -0.1) is 11.3 Å². The molecule has 0 radical (unpaired) electrons. The number of nitrogens with zero attached hydrogens (tertiary/aromatic N) is 1. The number of aromatic nitrogens is 1. The van der Waals surface area contributed by atoms with Crippen molar-refractivity contribution in [3.63, 3.8) is 0 Å². The van der Waals surface area contributed by atoms with Crippen LogP contribution in [0.5, 0.6) is 0 Å². The van der Waals surface area contributed by atoms with Crippen molar-refractivity contribution in [1.29, 1.82) is 0 Å². The highest BCUT2D eigenvalue weighted by molar-refractivity contribution is 7.16. The summed E-state index contributed by atoms with van der Waals surface area (Å²) in [5, 5.41) is 4.88. The second-order valence-electron chi connectivity index (χ2n) is 5.80. The lowest BCUT2D eigenvalue weighted by molar-refractivity contribution is 0.100. The number of halogens is 1. The van der Waals surface area contributed by atoms with Gasteiger partial charge in [-0.1, -0.05) is 11.6 Å². The summed E-state index contributed by atoms with van der Waals surface area (Å²) in [6.45, 7) is 6.38. The fraction of sp³-hybridized carbons (Fsp3) is 0.222. The molecule has 25 heavy (non-hydrogen) atoms. The molecular formula is C18H18ClN3O2S. The fourth-order valence-electron chi connectivity index (χ4n) is 3.07. The van der Waals surface area contributed by atoms with E-state index in [0.29, 0.717) is 27.8 Å². The zero-order valence-corrected chi connectivity index (χ0v) is 15.7. The molecule has 2 heterocycles. The first kappa shape index (κ1) is 17.5. The summed E-state index contributed by atoms with van der Waals surface area (Å²) in [7, 11) is 0. The number of hydrogen-bond donors (Lipinski definition) is 2. The molecule has 3 aromatic rings. The molecule has 0 unspecified atom stereocenters. The minimum absolute atomic E-state index is 0.268. The summed E-state index contributed by atoms with van der Waals surface area (Å²) in [6.07, 6.45) is 0. The van der Waals surface area contributed by atoms with E-state index in [1.165, 1.54) is 11.3 Å². The smallest absolute Gasteiger partial charge is 0.273 e. The number of rotatable bonds is 4. The van der Waals surface area contributed by atoms with Gasteiger partial charge in [0, 0.05) is 27.3 Å². The molecule has 0 aliphatic heterocycles. The van der Waals surface area contributed by atoms with Gasteiger partial charge in [-0.2, -0.15) is 0 Å². The van der Waals surface area contributed by atoms with Crippen LogP contribution in [-0.4, -0.2) is 16.4 Å². The third-order valence-corrected chi connectivity index (χ3v) is 5.36. The van der Waals surface area contributed by atoms with Crippen LogP contribution in [0.15, 0.2) is 24.3 Å². The Morgan fingerprint density at radius 2 is 2.00 bits per heavy atom. The van der Waals surface area contributed by atoms with Crippen molar-refractivity contribution in [2.75, 3.05) is 5.32 Å². The van der Waals surface area contributed by atoms with Crippen LogP contribution >= 0.6 is 22.9 Å². The molecule has 2 amide bonds. The molecule has 0 spiro atoms. The lowest BCUT2D eigenvalue weighted by Crippen LogP contribution is -2.20. The molecule has 0 saturated heterocycles. The average Bonchev–Trinajstić information content (AvgIpc) is 3.05. The summed E-state index contributed by atoms with van der Waals surface area (Å²) in [4.78, 5) is 25.4. The largest absolute Gasteiger partial charge is 0.366 e. The molecular weight excluding hydrogens is 358 g/mol.